The molecule has 2 amide bonds. The Bertz CT molecular complexity index is 760. The number of nitrogens with zero attached hydrogens (tertiary/aromatic N) is 3. The number of ether oxygens (including phenoxy) is 1. The molecule has 2 fully saturated rings. The maximum absolute atomic E-state index is 12.4. The molecular weight excluding hydrogens is 334 g/mol. The van der Waals surface area contributed by atoms with Crippen LogP contribution in [-0.2, 0) is 17.8 Å². The van der Waals surface area contributed by atoms with Crippen molar-refractivity contribution in [2.75, 3.05) is 6.61 Å². The number of hydrogen-bond acceptors (Lipinski definition) is 5. The lowest BCUT2D eigenvalue weighted by atomic mass is 10.1. The molecule has 0 spiro atoms. The third-order valence-electron chi connectivity index (χ3n) is 5.18. The lowest BCUT2D eigenvalue weighted by Gasteiger charge is -2.21. The maximum atomic E-state index is 12.4. The van der Waals surface area contributed by atoms with Crippen LogP contribution in [0.5, 0.6) is 0 Å². The summed E-state index contributed by atoms with van der Waals surface area (Å²) in [6.07, 6.45) is 5.00. The highest BCUT2D eigenvalue weighted by atomic mass is 16.5. The molecule has 2 aliphatic rings. The molecule has 0 radical (unpaired) electrons. The fourth-order valence-corrected chi connectivity index (χ4v) is 3.45. The summed E-state index contributed by atoms with van der Waals surface area (Å²) in [5.74, 6) is 1.47. The van der Waals surface area contributed by atoms with Gasteiger partial charge in [0.05, 0.1) is 17.4 Å². The number of urea groups is 1. The molecule has 0 bridgehead atoms. The molecule has 1 aliphatic carbocycles. The van der Waals surface area contributed by atoms with E-state index in [1.165, 1.54) is 12.8 Å². The molecule has 8 heteroatoms. The largest absolute Gasteiger partial charge is 0.370 e. The van der Waals surface area contributed by atoms with E-state index in [0.717, 1.165) is 41.6 Å². The normalized spacial score (nSPS) is 22.5. The third-order valence-corrected chi connectivity index (χ3v) is 5.18. The molecule has 140 valence electrons. The zero-order chi connectivity index (χ0) is 18.1. The zero-order valence-corrected chi connectivity index (χ0v) is 15.2. The molecule has 8 nitrogen and oxygen atoms in total. The Morgan fingerprint density at radius 3 is 2.92 bits per heavy atom. The van der Waals surface area contributed by atoms with Crippen molar-refractivity contribution in [3.8, 4) is 0 Å². The van der Waals surface area contributed by atoms with E-state index in [2.05, 4.69) is 20.9 Å². The van der Waals surface area contributed by atoms with Crippen LogP contribution in [0.2, 0.25) is 0 Å². The molecule has 1 saturated heterocycles. The second-order valence-corrected chi connectivity index (χ2v) is 7.20. The van der Waals surface area contributed by atoms with Crippen LogP contribution in [0.3, 0.4) is 0 Å². The minimum atomic E-state index is -0.209. The fraction of sp³-hybridized carbons (Fsp3) is 0.611. The van der Waals surface area contributed by atoms with Gasteiger partial charge >= 0.3 is 6.03 Å². The van der Waals surface area contributed by atoms with Crippen LogP contribution in [0.15, 0.2) is 16.8 Å². The van der Waals surface area contributed by atoms with E-state index >= 15 is 0 Å². The number of amides is 2. The molecule has 3 heterocycles. The smallest absolute Gasteiger partial charge is 0.315 e. The van der Waals surface area contributed by atoms with Gasteiger partial charge in [-0.1, -0.05) is 5.16 Å². The minimum absolute atomic E-state index is 0.0608. The van der Waals surface area contributed by atoms with Gasteiger partial charge in [0.15, 0.2) is 0 Å². The van der Waals surface area contributed by atoms with Crippen molar-refractivity contribution in [2.24, 2.45) is 5.92 Å². The van der Waals surface area contributed by atoms with Gasteiger partial charge in [0.25, 0.3) is 0 Å². The van der Waals surface area contributed by atoms with E-state index in [-0.39, 0.29) is 18.2 Å². The van der Waals surface area contributed by atoms with Crippen molar-refractivity contribution in [3.63, 3.8) is 0 Å². The van der Waals surface area contributed by atoms with Crippen LogP contribution < -0.4 is 10.6 Å². The van der Waals surface area contributed by atoms with Crippen molar-refractivity contribution in [3.05, 3.63) is 35.0 Å². The Morgan fingerprint density at radius 1 is 1.35 bits per heavy atom. The van der Waals surface area contributed by atoms with Crippen LogP contribution in [0.4, 0.5) is 4.79 Å². The Hall–Kier alpha value is -2.35. The van der Waals surface area contributed by atoms with Gasteiger partial charge in [0.2, 0.25) is 0 Å². The number of hydrogen-bond donors (Lipinski definition) is 2. The fourth-order valence-electron chi connectivity index (χ4n) is 3.45. The third kappa shape index (κ3) is 3.60. The lowest BCUT2D eigenvalue weighted by Crippen LogP contribution is -2.43. The van der Waals surface area contributed by atoms with Gasteiger partial charge in [0.1, 0.15) is 11.9 Å². The molecule has 2 aromatic rings. The van der Waals surface area contributed by atoms with E-state index in [4.69, 9.17) is 9.26 Å². The first-order valence-corrected chi connectivity index (χ1v) is 9.21. The highest BCUT2D eigenvalue weighted by molar-refractivity contribution is 5.74. The first kappa shape index (κ1) is 17.1. The maximum Gasteiger partial charge on any atom is 0.315 e. The predicted octanol–water partition coefficient (Wildman–Crippen LogP) is 2.23. The molecule has 26 heavy (non-hydrogen) atoms. The summed E-state index contributed by atoms with van der Waals surface area (Å²) in [7, 11) is 0. The second-order valence-electron chi connectivity index (χ2n) is 7.20. The molecular formula is C18H25N5O3. The van der Waals surface area contributed by atoms with E-state index in [1.54, 1.807) is 0 Å². The van der Waals surface area contributed by atoms with Crippen molar-refractivity contribution in [1.29, 1.82) is 0 Å². The summed E-state index contributed by atoms with van der Waals surface area (Å²) >= 11 is 0. The van der Waals surface area contributed by atoms with Gasteiger partial charge in [-0.05, 0) is 45.1 Å². The molecule has 1 saturated carbocycles. The first-order chi connectivity index (χ1) is 12.6. The van der Waals surface area contributed by atoms with Crippen molar-refractivity contribution in [1.82, 2.24) is 25.6 Å². The summed E-state index contributed by atoms with van der Waals surface area (Å²) in [5, 5.41) is 14.3. The van der Waals surface area contributed by atoms with E-state index < -0.39 is 0 Å². The molecule has 2 N–H and O–H groups in total. The number of carbonyl (C=O) groups is 1. The number of rotatable bonds is 6. The van der Waals surface area contributed by atoms with Crippen molar-refractivity contribution >= 4 is 6.03 Å². The Balaban J connectivity index is 1.36. The highest BCUT2D eigenvalue weighted by Gasteiger charge is 2.34. The number of aryl methyl sites for hydroxylation is 2. The molecule has 0 unspecified atom stereocenters. The van der Waals surface area contributed by atoms with Gasteiger partial charge < -0.3 is 19.9 Å². The van der Waals surface area contributed by atoms with Crippen LogP contribution in [0.1, 0.15) is 48.1 Å². The average molecular weight is 359 g/mol. The molecule has 4 rings (SSSR count). The van der Waals surface area contributed by atoms with Gasteiger partial charge in [0, 0.05) is 31.5 Å². The van der Waals surface area contributed by atoms with E-state index in [0.29, 0.717) is 13.2 Å². The van der Waals surface area contributed by atoms with Gasteiger partial charge in [-0.15, -0.1) is 0 Å². The molecule has 2 aromatic heterocycles. The summed E-state index contributed by atoms with van der Waals surface area (Å²) < 4.78 is 13.1. The summed E-state index contributed by atoms with van der Waals surface area (Å²) in [6.45, 7) is 5.68. The lowest BCUT2D eigenvalue weighted by molar-refractivity contribution is 0.0921. The average Bonchev–Trinajstić information content (AvgIpc) is 2.98. The summed E-state index contributed by atoms with van der Waals surface area (Å²) in [4.78, 5) is 12.4. The number of aromatic nitrogens is 3. The molecule has 1 aliphatic heterocycles. The van der Waals surface area contributed by atoms with E-state index in [1.807, 2.05) is 30.8 Å². The molecule has 2 atom stereocenters. The van der Waals surface area contributed by atoms with Crippen molar-refractivity contribution < 1.29 is 14.1 Å². The Labute approximate surface area is 152 Å². The van der Waals surface area contributed by atoms with Gasteiger partial charge in [-0.3, -0.25) is 4.68 Å². The number of nitrogens with one attached hydrogen (secondary N) is 2. The predicted molar refractivity (Wildman–Crippen MR) is 93.4 cm³/mol. The summed E-state index contributed by atoms with van der Waals surface area (Å²) in [5.41, 5.74) is 2.76. The second kappa shape index (κ2) is 7.11. The first-order valence-electron chi connectivity index (χ1n) is 9.21. The quantitative estimate of drug-likeness (QED) is 0.825. The SMILES string of the molecule is Cc1noc(C)c1CNC(=O)N[C@@H]1CCO[C@H]1c1ccnn1CC1CC1. The Kier molecular flexibility index (Phi) is 4.67. The minimum Gasteiger partial charge on any atom is -0.370 e. The van der Waals surface area contributed by atoms with Gasteiger partial charge in [-0.25, -0.2) is 4.79 Å². The highest BCUT2D eigenvalue weighted by Crippen LogP contribution is 2.34. The van der Waals surface area contributed by atoms with Crippen LogP contribution >= 0.6 is 0 Å². The van der Waals surface area contributed by atoms with Crippen molar-refractivity contribution in [2.45, 2.75) is 58.3 Å². The Morgan fingerprint density at radius 2 is 2.19 bits per heavy atom. The summed E-state index contributed by atoms with van der Waals surface area (Å²) in [6, 6.07) is 1.72. The van der Waals surface area contributed by atoms with Crippen LogP contribution in [0, 0.1) is 19.8 Å². The topological polar surface area (TPSA) is 94.2 Å². The van der Waals surface area contributed by atoms with Crippen LogP contribution in [-0.4, -0.2) is 33.6 Å². The molecule has 0 aromatic carbocycles. The zero-order valence-electron chi connectivity index (χ0n) is 15.2. The standard InChI is InChI=1S/C18H25N5O3/c1-11-14(12(2)26-22-11)9-19-18(24)21-15-6-8-25-17(15)16-5-7-20-23(16)10-13-3-4-13/h5,7,13,15,17H,3-4,6,8-10H2,1-2H3,(H2,19,21,24)/t15-,17-/m1/s1. The number of carbonyl (C=O) groups excluding carboxylic acids is 1. The van der Waals surface area contributed by atoms with E-state index in [9.17, 15) is 4.79 Å². The monoisotopic (exact) mass is 359 g/mol. The van der Waals surface area contributed by atoms with Gasteiger partial charge in [-0.2, -0.15) is 5.10 Å². The van der Waals surface area contributed by atoms with Crippen LogP contribution in [0.25, 0.3) is 0 Å².